The average molecular weight is 201 g/mol. The summed E-state index contributed by atoms with van der Waals surface area (Å²) < 4.78 is 4.41. The third kappa shape index (κ3) is 1.54. The van der Waals surface area contributed by atoms with Crippen molar-refractivity contribution in [2.75, 3.05) is 7.11 Å². The summed E-state index contributed by atoms with van der Waals surface area (Å²) >= 11 is 0. The van der Waals surface area contributed by atoms with Gasteiger partial charge in [0.2, 0.25) is 0 Å². The summed E-state index contributed by atoms with van der Waals surface area (Å²) in [5.74, 6) is -0.851. The van der Waals surface area contributed by atoms with Crippen molar-refractivity contribution in [2.45, 2.75) is 26.3 Å². The highest BCUT2D eigenvalue weighted by Gasteiger charge is 2.63. The number of carbonyl (C=O) groups is 2. The van der Waals surface area contributed by atoms with E-state index in [9.17, 15) is 9.59 Å². The topological polar surface area (TPSA) is 75.6 Å². The van der Waals surface area contributed by atoms with Crippen molar-refractivity contribution < 1.29 is 19.4 Å². The average Bonchev–Trinajstić information content (AvgIpc) is 2.80. The van der Waals surface area contributed by atoms with Gasteiger partial charge >= 0.3 is 12.1 Å². The smallest absolute Gasteiger partial charge is 0.407 e. The Kier molecular flexibility index (Phi) is 2.69. The van der Waals surface area contributed by atoms with E-state index in [0.717, 1.165) is 0 Å². The molecular weight excluding hydrogens is 186 g/mol. The van der Waals surface area contributed by atoms with Crippen LogP contribution in [0.15, 0.2) is 0 Å². The van der Waals surface area contributed by atoms with Crippen molar-refractivity contribution >= 4 is 12.1 Å². The maximum atomic E-state index is 11.0. The molecular formula is C9H15NO4. The lowest BCUT2D eigenvalue weighted by Crippen LogP contribution is -2.35. The van der Waals surface area contributed by atoms with Crippen molar-refractivity contribution in [3.63, 3.8) is 0 Å². The molecule has 5 heteroatoms. The highest BCUT2D eigenvalue weighted by Crippen LogP contribution is 2.52. The van der Waals surface area contributed by atoms with Crippen LogP contribution in [0.3, 0.4) is 0 Å². The number of carbonyl (C=O) groups excluding carboxylic acids is 1. The van der Waals surface area contributed by atoms with Crippen molar-refractivity contribution in [3.05, 3.63) is 0 Å². The third-order valence-corrected chi connectivity index (χ3v) is 2.91. The molecule has 80 valence electrons. The predicted molar refractivity (Wildman–Crippen MR) is 48.9 cm³/mol. The Bertz CT molecular complexity index is 264. The summed E-state index contributed by atoms with van der Waals surface area (Å²) in [4.78, 5) is 21.9. The highest BCUT2D eigenvalue weighted by atomic mass is 16.5. The first kappa shape index (κ1) is 10.8. The molecule has 1 amide bonds. The molecule has 0 radical (unpaired) electrons. The summed E-state index contributed by atoms with van der Waals surface area (Å²) in [6, 6.07) is -0.299. The van der Waals surface area contributed by atoms with Crippen molar-refractivity contribution in [2.24, 2.45) is 11.3 Å². The maximum absolute atomic E-state index is 11.0. The van der Waals surface area contributed by atoms with E-state index >= 15 is 0 Å². The van der Waals surface area contributed by atoms with Crippen molar-refractivity contribution in [1.82, 2.24) is 5.32 Å². The molecule has 5 nitrogen and oxygen atoms in total. The number of ether oxygens (including phenoxy) is 1. The molecule has 1 aliphatic rings. The van der Waals surface area contributed by atoms with Gasteiger partial charge in [-0.05, 0) is 12.3 Å². The third-order valence-electron chi connectivity index (χ3n) is 2.91. The lowest BCUT2D eigenvalue weighted by molar-refractivity contribution is -0.145. The van der Waals surface area contributed by atoms with Crippen LogP contribution in [0.4, 0.5) is 4.79 Å². The quantitative estimate of drug-likeness (QED) is 0.709. The number of carboxylic acid groups (broad SMARTS) is 1. The van der Waals surface area contributed by atoms with E-state index in [1.54, 1.807) is 0 Å². The van der Waals surface area contributed by atoms with E-state index in [2.05, 4.69) is 10.1 Å². The Balaban J connectivity index is 2.62. The largest absolute Gasteiger partial charge is 0.481 e. The number of nitrogens with one attached hydrogen (secondary N) is 1. The Morgan fingerprint density at radius 1 is 1.57 bits per heavy atom. The number of rotatable bonds is 3. The molecule has 14 heavy (non-hydrogen) atoms. The van der Waals surface area contributed by atoms with Gasteiger partial charge in [-0.25, -0.2) is 4.79 Å². The number of carboxylic acids is 1. The van der Waals surface area contributed by atoms with Gasteiger partial charge < -0.3 is 15.2 Å². The van der Waals surface area contributed by atoms with Gasteiger partial charge in [-0.2, -0.15) is 0 Å². The summed E-state index contributed by atoms with van der Waals surface area (Å²) in [5.41, 5.74) is -0.797. The predicted octanol–water partition coefficient (Wildman–Crippen LogP) is 0.842. The van der Waals surface area contributed by atoms with Crippen LogP contribution in [0.1, 0.15) is 20.3 Å². The normalized spacial score (nSPS) is 29.9. The fraction of sp³-hybridized carbons (Fsp3) is 0.778. The van der Waals surface area contributed by atoms with Crippen LogP contribution in [0.2, 0.25) is 0 Å². The minimum Gasteiger partial charge on any atom is -0.481 e. The molecule has 1 rings (SSSR count). The Hall–Kier alpha value is -1.26. The molecule has 0 aromatic rings. The van der Waals surface area contributed by atoms with Crippen LogP contribution in [0, 0.1) is 11.3 Å². The lowest BCUT2D eigenvalue weighted by atomic mass is 9.92. The molecule has 0 saturated heterocycles. The van der Waals surface area contributed by atoms with Gasteiger partial charge in [0.05, 0.1) is 12.5 Å². The van der Waals surface area contributed by atoms with E-state index < -0.39 is 17.5 Å². The molecule has 1 saturated carbocycles. The number of alkyl carbamates (subject to hydrolysis) is 1. The Morgan fingerprint density at radius 2 is 2.14 bits per heavy atom. The number of amides is 1. The SMILES string of the molecule is COC(=O)NC1CC1(C(=O)O)C(C)C. The second-order valence-corrected chi connectivity index (χ2v) is 3.89. The van der Waals surface area contributed by atoms with Crippen molar-refractivity contribution in [1.29, 1.82) is 0 Å². The fourth-order valence-corrected chi connectivity index (χ4v) is 1.78. The van der Waals surface area contributed by atoms with Gasteiger partial charge in [-0.3, -0.25) is 4.79 Å². The maximum Gasteiger partial charge on any atom is 0.407 e. The van der Waals surface area contributed by atoms with Gasteiger partial charge in [0.1, 0.15) is 0 Å². The summed E-state index contributed by atoms with van der Waals surface area (Å²) in [5, 5.41) is 11.6. The van der Waals surface area contributed by atoms with Crippen LogP contribution in [0.25, 0.3) is 0 Å². The molecule has 1 fully saturated rings. The highest BCUT2D eigenvalue weighted by molar-refractivity contribution is 5.82. The molecule has 0 aromatic carbocycles. The van der Waals surface area contributed by atoms with E-state index in [-0.39, 0.29) is 12.0 Å². The number of methoxy groups -OCH3 is 1. The van der Waals surface area contributed by atoms with E-state index in [0.29, 0.717) is 6.42 Å². The molecule has 0 heterocycles. The molecule has 2 atom stereocenters. The molecule has 0 spiro atoms. The second kappa shape index (κ2) is 3.48. The molecule has 0 bridgehead atoms. The van der Waals surface area contributed by atoms with Crippen LogP contribution in [-0.2, 0) is 9.53 Å². The standard InChI is InChI=1S/C9H15NO4/c1-5(2)9(7(11)12)4-6(9)10-8(13)14-3/h5-6H,4H2,1-3H3,(H,10,13)(H,11,12). The first-order valence-corrected chi connectivity index (χ1v) is 4.53. The molecule has 2 unspecified atom stereocenters. The monoisotopic (exact) mass is 201 g/mol. The second-order valence-electron chi connectivity index (χ2n) is 3.89. The summed E-state index contributed by atoms with van der Waals surface area (Å²) in [6.45, 7) is 3.68. The molecule has 2 N–H and O–H groups in total. The van der Waals surface area contributed by atoms with Gasteiger partial charge in [0.25, 0.3) is 0 Å². The first-order valence-electron chi connectivity index (χ1n) is 4.53. The van der Waals surface area contributed by atoms with Crippen LogP contribution >= 0.6 is 0 Å². The molecule has 0 aromatic heterocycles. The van der Waals surface area contributed by atoms with Crippen molar-refractivity contribution in [3.8, 4) is 0 Å². The minimum absolute atomic E-state index is 0.00200. The van der Waals surface area contributed by atoms with Gasteiger partial charge in [-0.1, -0.05) is 13.8 Å². The van der Waals surface area contributed by atoms with E-state index in [1.807, 2.05) is 13.8 Å². The summed E-state index contributed by atoms with van der Waals surface area (Å²) in [7, 11) is 1.26. The van der Waals surface area contributed by atoms with E-state index in [1.165, 1.54) is 7.11 Å². The summed E-state index contributed by atoms with van der Waals surface area (Å²) in [6.07, 6.45) is -0.0893. The van der Waals surface area contributed by atoms with E-state index in [4.69, 9.17) is 5.11 Å². The zero-order chi connectivity index (χ0) is 10.9. The Labute approximate surface area is 82.4 Å². The van der Waals surface area contributed by atoms with Gasteiger partial charge in [0.15, 0.2) is 0 Å². The molecule has 1 aliphatic carbocycles. The first-order chi connectivity index (χ1) is 6.45. The number of hydrogen-bond donors (Lipinski definition) is 2. The fourth-order valence-electron chi connectivity index (χ4n) is 1.78. The Morgan fingerprint density at radius 3 is 2.43 bits per heavy atom. The zero-order valence-electron chi connectivity index (χ0n) is 8.53. The van der Waals surface area contributed by atoms with Gasteiger partial charge in [-0.15, -0.1) is 0 Å². The number of aliphatic carboxylic acids is 1. The van der Waals surface area contributed by atoms with Crippen LogP contribution in [-0.4, -0.2) is 30.3 Å². The zero-order valence-corrected chi connectivity index (χ0v) is 8.53. The van der Waals surface area contributed by atoms with Crippen LogP contribution in [0.5, 0.6) is 0 Å². The minimum atomic E-state index is -0.853. The molecule has 0 aliphatic heterocycles. The van der Waals surface area contributed by atoms with Crippen LogP contribution < -0.4 is 5.32 Å². The number of hydrogen-bond acceptors (Lipinski definition) is 3. The lowest BCUT2D eigenvalue weighted by Gasteiger charge is -2.16. The van der Waals surface area contributed by atoms with Gasteiger partial charge in [0, 0.05) is 6.04 Å².